The molecule has 0 unspecified atom stereocenters. The summed E-state index contributed by atoms with van der Waals surface area (Å²) in [5.74, 6) is -1.57. The van der Waals surface area contributed by atoms with Gasteiger partial charge in [-0.1, -0.05) is 23.8 Å². The summed E-state index contributed by atoms with van der Waals surface area (Å²) >= 11 is 0.736. The van der Waals surface area contributed by atoms with Crippen molar-refractivity contribution in [3.63, 3.8) is 0 Å². The van der Waals surface area contributed by atoms with Crippen LogP contribution in [0.15, 0.2) is 53.5 Å². The van der Waals surface area contributed by atoms with Gasteiger partial charge >= 0.3 is 6.18 Å². The molecular weight excluding hydrogens is 393 g/mol. The highest BCUT2D eigenvalue weighted by atomic mass is 32.1. The smallest absolute Gasteiger partial charge is 0.364 e. The largest absolute Gasteiger partial charge is 0.416 e. The van der Waals surface area contributed by atoms with Gasteiger partial charge in [0.05, 0.1) is 11.3 Å². The summed E-state index contributed by atoms with van der Waals surface area (Å²) in [5.41, 5.74) is 5.41. The fourth-order valence-electron chi connectivity index (χ4n) is 2.27. The highest BCUT2D eigenvalue weighted by Crippen LogP contribution is 2.30. The highest BCUT2D eigenvalue weighted by molar-refractivity contribution is 7.04. The van der Waals surface area contributed by atoms with Crippen molar-refractivity contribution in [1.82, 2.24) is 9.17 Å². The molecule has 10 heteroatoms. The van der Waals surface area contributed by atoms with Crippen molar-refractivity contribution in [3.8, 4) is 5.69 Å². The number of alkyl halides is 3. The van der Waals surface area contributed by atoms with E-state index in [1.165, 1.54) is 12.1 Å². The number of hydrogen-bond donors (Lipinski definition) is 1. The van der Waals surface area contributed by atoms with Crippen LogP contribution in [-0.2, 0) is 6.18 Å². The molecule has 3 aromatic rings. The molecular formula is C18H13F3N4O2S. The van der Waals surface area contributed by atoms with Crippen LogP contribution in [0.3, 0.4) is 0 Å². The molecule has 0 bridgehead atoms. The van der Waals surface area contributed by atoms with E-state index in [0.717, 1.165) is 33.3 Å². The lowest BCUT2D eigenvalue weighted by molar-refractivity contribution is -0.137. The molecule has 3 rings (SSSR count). The van der Waals surface area contributed by atoms with E-state index in [2.05, 4.69) is 10.1 Å². The molecule has 2 aromatic carbocycles. The SMILES string of the molecule is Cc1ccc(C(=O)N=c2sn(-c3cccc(C(F)(F)F)c3)nc2C(N)=O)cc1. The van der Waals surface area contributed by atoms with E-state index in [0.29, 0.717) is 5.56 Å². The van der Waals surface area contributed by atoms with Gasteiger partial charge in [-0.3, -0.25) is 9.59 Å². The van der Waals surface area contributed by atoms with Crippen molar-refractivity contribution in [1.29, 1.82) is 0 Å². The summed E-state index contributed by atoms with van der Waals surface area (Å²) in [6.45, 7) is 1.86. The molecule has 1 heterocycles. The minimum absolute atomic E-state index is 0.0616. The van der Waals surface area contributed by atoms with Gasteiger partial charge in [-0.25, -0.2) is 0 Å². The molecule has 28 heavy (non-hydrogen) atoms. The van der Waals surface area contributed by atoms with E-state index in [1.807, 2.05) is 6.92 Å². The zero-order valence-electron chi connectivity index (χ0n) is 14.4. The predicted octanol–water partition coefficient (Wildman–Crippen LogP) is 3.10. The Morgan fingerprint density at radius 2 is 1.82 bits per heavy atom. The van der Waals surface area contributed by atoms with Gasteiger partial charge < -0.3 is 5.73 Å². The Hall–Kier alpha value is -3.27. The summed E-state index contributed by atoms with van der Waals surface area (Å²) in [6.07, 6.45) is -4.53. The summed E-state index contributed by atoms with van der Waals surface area (Å²) in [4.78, 5) is 27.9. The van der Waals surface area contributed by atoms with Gasteiger partial charge in [0, 0.05) is 5.56 Å². The number of hydrogen-bond acceptors (Lipinski definition) is 4. The fraction of sp³-hybridized carbons (Fsp3) is 0.111. The van der Waals surface area contributed by atoms with Gasteiger partial charge in [-0.05, 0) is 48.8 Å². The Balaban J connectivity index is 2.07. The van der Waals surface area contributed by atoms with Crippen LogP contribution in [0.4, 0.5) is 13.2 Å². The first-order valence-corrected chi connectivity index (χ1v) is 8.66. The maximum atomic E-state index is 12.9. The molecule has 6 nitrogen and oxygen atoms in total. The van der Waals surface area contributed by atoms with Crippen molar-refractivity contribution in [3.05, 3.63) is 75.6 Å². The van der Waals surface area contributed by atoms with Crippen LogP contribution in [-0.4, -0.2) is 21.0 Å². The molecule has 0 aliphatic heterocycles. The third-order valence-electron chi connectivity index (χ3n) is 3.70. The normalized spacial score (nSPS) is 12.2. The number of carbonyl (C=O) groups is 2. The Kier molecular flexibility index (Phi) is 5.14. The quantitative estimate of drug-likeness (QED) is 0.725. The van der Waals surface area contributed by atoms with Crippen LogP contribution in [0.5, 0.6) is 0 Å². The van der Waals surface area contributed by atoms with E-state index in [-0.39, 0.29) is 16.1 Å². The first-order chi connectivity index (χ1) is 13.1. The summed E-state index contributed by atoms with van der Waals surface area (Å²) < 4.78 is 39.7. The number of nitrogens with two attached hydrogens (primary N) is 1. The number of benzene rings is 2. The molecule has 0 radical (unpaired) electrons. The first-order valence-electron chi connectivity index (χ1n) is 7.89. The second kappa shape index (κ2) is 7.39. The monoisotopic (exact) mass is 406 g/mol. The van der Waals surface area contributed by atoms with Crippen molar-refractivity contribution in [2.45, 2.75) is 13.1 Å². The lowest BCUT2D eigenvalue weighted by Gasteiger charge is -2.07. The molecule has 0 spiro atoms. The molecule has 2 amide bonds. The lowest BCUT2D eigenvalue weighted by Crippen LogP contribution is -2.21. The van der Waals surface area contributed by atoms with Crippen LogP contribution in [0.1, 0.15) is 32.0 Å². The standard InChI is InChI=1S/C18H13F3N4O2S/c1-10-5-7-11(8-6-10)16(27)23-17-14(15(22)26)24-25(28-17)13-4-2-3-12(9-13)18(19,20)21/h2-9H,1H3,(H2,22,26). The van der Waals surface area contributed by atoms with Gasteiger partial charge in [0.25, 0.3) is 11.8 Å². The molecule has 0 saturated heterocycles. The second-order valence-electron chi connectivity index (χ2n) is 5.81. The molecule has 144 valence electrons. The number of halogens is 3. The van der Waals surface area contributed by atoms with Gasteiger partial charge in [0.2, 0.25) is 0 Å². The fourth-order valence-corrected chi connectivity index (χ4v) is 3.13. The molecule has 1 aromatic heterocycles. The van der Waals surface area contributed by atoms with Crippen molar-refractivity contribution in [2.24, 2.45) is 10.7 Å². The van der Waals surface area contributed by atoms with Gasteiger partial charge in [-0.2, -0.15) is 22.2 Å². The van der Waals surface area contributed by atoms with Gasteiger partial charge in [-0.15, -0.1) is 5.10 Å². The third-order valence-corrected chi connectivity index (χ3v) is 4.62. The number of carbonyl (C=O) groups excluding carboxylic acids is 2. The van der Waals surface area contributed by atoms with Gasteiger partial charge in [0.1, 0.15) is 0 Å². The van der Waals surface area contributed by atoms with Crippen molar-refractivity contribution < 1.29 is 22.8 Å². The first kappa shape index (κ1) is 19.5. The predicted molar refractivity (Wildman–Crippen MR) is 96.0 cm³/mol. The summed E-state index contributed by atoms with van der Waals surface area (Å²) in [5, 5.41) is 3.91. The van der Waals surface area contributed by atoms with Crippen LogP contribution in [0.25, 0.3) is 5.69 Å². The Morgan fingerprint density at radius 1 is 1.14 bits per heavy atom. The molecule has 0 aliphatic rings. The number of rotatable bonds is 3. The van der Waals surface area contributed by atoms with Crippen LogP contribution >= 0.6 is 11.5 Å². The average Bonchev–Trinajstić information content (AvgIpc) is 3.06. The molecule has 0 fully saturated rings. The Bertz CT molecular complexity index is 1110. The number of nitrogens with zero attached hydrogens (tertiary/aromatic N) is 3. The minimum atomic E-state index is -4.53. The van der Waals surface area contributed by atoms with E-state index in [9.17, 15) is 22.8 Å². The van der Waals surface area contributed by atoms with Crippen LogP contribution in [0, 0.1) is 6.92 Å². The Morgan fingerprint density at radius 3 is 2.43 bits per heavy atom. The van der Waals surface area contributed by atoms with Crippen molar-refractivity contribution >= 4 is 23.3 Å². The highest BCUT2D eigenvalue weighted by Gasteiger charge is 2.30. The van der Waals surface area contributed by atoms with Gasteiger partial charge in [0.15, 0.2) is 10.4 Å². The Labute approximate surface area is 160 Å². The van der Waals surface area contributed by atoms with E-state index in [1.54, 1.807) is 24.3 Å². The summed E-state index contributed by atoms with van der Waals surface area (Å²) in [7, 11) is 0. The molecule has 0 aliphatic carbocycles. The van der Waals surface area contributed by atoms with Crippen molar-refractivity contribution in [2.75, 3.05) is 0 Å². The average molecular weight is 406 g/mol. The lowest BCUT2D eigenvalue weighted by atomic mass is 10.1. The molecule has 2 N–H and O–H groups in total. The molecule has 0 saturated carbocycles. The summed E-state index contributed by atoms with van der Waals surface area (Å²) in [6, 6.07) is 11.0. The zero-order chi connectivity index (χ0) is 20.5. The number of aromatic nitrogens is 2. The maximum Gasteiger partial charge on any atom is 0.416 e. The minimum Gasteiger partial charge on any atom is -0.364 e. The zero-order valence-corrected chi connectivity index (χ0v) is 15.2. The number of primary amides is 1. The molecule has 0 atom stereocenters. The van der Waals surface area contributed by atoms with Crippen LogP contribution < -0.4 is 10.4 Å². The number of aryl methyl sites for hydroxylation is 1. The van der Waals surface area contributed by atoms with Crippen LogP contribution in [0.2, 0.25) is 0 Å². The third kappa shape index (κ3) is 4.17. The maximum absolute atomic E-state index is 12.9. The van der Waals surface area contributed by atoms with E-state index >= 15 is 0 Å². The second-order valence-corrected chi connectivity index (χ2v) is 6.73. The number of amides is 2. The van der Waals surface area contributed by atoms with E-state index < -0.39 is 23.6 Å². The topological polar surface area (TPSA) is 90.3 Å². The van der Waals surface area contributed by atoms with E-state index in [4.69, 9.17) is 5.73 Å².